The molecule has 0 saturated carbocycles. The lowest BCUT2D eigenvalue weighted by Gasteiger charge is -2.12. The van der Waals surface area contributed by atoms with Crippen molar-refractivity contribution in [3.63, 3.8) is 0 Å². The van der Waals surface area contributed by atoms with E-state index in [2.05, 4.69) is 10.5 Å². The minimum Gasteiger partial charge on any atom is -0.285 e. The van der Waals surface area contributed by atoms with Gasteiger partial charge >= 0.3 is 0 Å². The van der Waals surface area contributed by atoms with Crippen LogP contribution < -0.4 is 5.43 Å². The van der Waals surface area contributed by atoms with Gasteiger partial charge in [0.1, 0.15) is 6.67 Å². The fourth-order valence-electron chi connectivity index (χ4n) is 0.581. The van der Waals surface area contributed by atoms with E-state index in [-0.39, 0.29) is 0 Å². The van der Waals surface area contributed by atoms with Crippen LogP contribution in [0.15, 0.2) is 5.10 Å². The SMILES string of the molecule is CON1CNN=C1SC. The molecule has 0 fully saturated rings. The smallest absolute Gasteiger partial charge is 0.208 e. The number of amidine groups is 1. The number of hydrazone groups is 1. The Labute approximate surface area is 58.2 Å². The van der Waals surface area contributed by atoms with Gasteiger partial charge in [-0.05, 0) is 6.26 Å². The summed E-state index contributed by atoms with van der Waals surface area (Å²) < 4.78 is 0. The average Bonchev–Trinajstić information content (AvgIpc) is 2.33. The lowest BCUT2D eigenvalue weighted by atomic mass is 11.0. The average molecular weight is 147 g/mol. The Morgan fingerprint density at radius 1 is 1.89 bits per heavy atom. The van der Waals surface area contributed by atoms with Crippen molar-refractivity contribution in [1.82, 2.24) is 10.5 Å². The van der Waals surface area contributed by atoms with Crippen molar-refractivity contribution in [2.24, 2.45) is 5.10 Å². The molecule has 1 heterocycles. The topological polar surface area (TPSA) is 36.9 Å². The molecule has 0 aromatic carbocycles. The van der Waals surface area contributed by atoms with Crippen molar-refractivity contribution in [2.75, 3.05) is 20.0 Å². The van der Waals surface area contributed by atoms with Gasteiger partial charge in [0, 0.05) is 0 Å². The molecule has 0 aliphatic carbocycles. The lowest BCUT2D eigenvalue weighted by Crippen LogP contribution is -2.26. The molecule has 0 aromatic rings. The number of hydrogen-bond acceptors (Lipinski definition) is 5. The molecular weight excluding hydrogens is 138 g/mol. The van der Waals surface area contributed by atoms with Crippen LogP contribution >= 0.6 is 11.8 Å². The normalized spacial score (nSPS) is 17.6. The second kappa shape index (κ2) is 2.93. The second-order valence-electron chi connectivity index (χ2n) is 1.48. The Kier molecular flexibility index (Phi) is 2.18. The zero-order chi connectivity index (χ0) is 6.69. The Bertz CT molecular complexity index is 127. The zero-order valence-corrected chi connectivity index (χ0v) is 6.23. The van der Waals surface area contributed by atoms with Gasteiger partial charge in [0.05, 0.1) is 7.11 Å². The summed E-state index contributed by atoms with van der Waals surface area (Å²) in [6, 6.07) is 0. The highest BCUT2D eigenvalue weighted by Crippen LogP contribution is 2.07. The molecule has 52 valence electrons. The van der Waals surface area contributed by atoms with Crippen molar-refractivity contribution in [3.05, 3.63) is 0 Å². The quantitative estimate of drug-likeness (QED) is 0.568. The first-order valence-corrected chi connectivity index (χ1v) is 3.77. The van der Waals surface area contributed by atoms with E-state index in [1.807, 2.05) is 6.26 Å². The van der Waals surface area contributed by atoms with Crippen LogP contribution in [-0.4, -0.2) is 30.3 Å². The summed E-state index contributed by atoms with van der Waals surface area (Å²) in [7, 11) is 1.62. The molecule has 1 aliphatic rings. The van der Waals surface area contributed by atoms with E-state index in [1.54, 1.807) is 23.9 Å². The maximum atomic E-state index is 4.93. The number of thioether (sulfide) groups is 1. The van der Waals surface area contributed by atoms with Gasteiger partial charge in [-0.2, -0.15) is 5.10 Å². The van der Waals surface area contributed by atoms with E-state index < -0.39 is 0 Å². The van der Waals surface area contributed by atoms with Crippen molar-refractivity contribution in [2.45, 2.75) is 0 Å². The summed E-state index contributed by atoms with van der Waals surface area (Å²) >= 11 is 1.55. The standard InChI is InChI=1S/C4H9N3OS/c1-8-7-3-5-6-4(7)9-2/h5H,3H2,1-2H3. The molecule has 4 nitrogen and oxygen atoms in total. The van der Waals surface area contributed by atoms with Gasteiger partial charge in [-0.3, -0.25) is 10.3 Å². The summed E-state index contributed by atoms with van der Waals surface area (Å²) in [6.45, 7) is 0.646. The zero-order valence-electron chi connectivity index (χ0n) is 5.42. The highest BCUT2D eigenvalue weighted by molar-refractivity contribution is 8.13. The largest absolute Gasteiger partial charge is 0.285 e. The van der Waals surface area contributed by atoms with E-state index >= 15 is 0 Å². The van der Waals surface area contributed by atoms with Crippen LogP contribution in [0, 0.1) is 0 Å². The second-order valence-corrected chi connectivity index (χ2v) is 2.25. The molecule has 0 bridgehead atoms. The maximum Gasteiger partial charge on any atom is 0.208 e. The van der Waals surface area contributed by atoms with Crippen molar-refractivity contribution >= 4 is 16.9 Å². The summed E-state index contributed by atoms with van der Waals surface area (Å²) in [4.78, 5) is 4.93. The van der Waals surface area contributed by atoms with E-state index in [1.165, 1.54) is 0 Å². The molecule has 1 aliphatic heterocycles. The highest BCUT2D eigenvalue weighted by Gasteiger charge is 2.13. The van der Waals surface area contributed by atoms with Gasteiger partial charge in [0.2, 0.25) is 5.17 Å². The van der Waals surface area contributed by atoms with Crippen molar-refractivity contribution in [3.8, 4) is 0 Å². The number of nitrogens with zero attached hydrogens (tertiary/aromatic N) is 2. The third-order valence-corrected chi connectivity index (χ3v) is 1.67. The Balaban J connectivity index is 2.47. The number of nitrogens with one attached hydrogen (secondary N) is 1. The summed E-state index contributed by atoms with van der Waals surface area (Å²) in [5.41, 5.74) is 2.79. The maximum absolute atomic E-state index is 4.93. The number of hydrogen-bond donors (Lipinski definition) is 1. The van der Waals surface area contributed by atoms with Crippen LogP contribution in [0.25, 0.3) is 0 Å². The number of hydroxylamine groups is 2. The van der Waals surface area contributed by atoms with Crippen LogP contribution in [0.5, 0.6) is 0 Å². The molecule has 0 aromatic heterocycles. The van der Waals surface area contributed by atoms with Crippen LogP contribution in [0.4, 0.5) is 0 Å². The van der Waals surface area contributed by atoms with Crippen LogP contribution in [0.2, 0.25) is 0 Å². The predicted molar refractivity (Wildman–Crippen MR) is 37.8 cm³/mol. The molecule has 0 atom stereocenters. The minimum atomic E-state index is 0.646. The van der Waals surface area contributed by atoms with Crippen molar-refractivity contribution < 1.29 is 4.84 Å². The monoisotopic (exact) mass is 147 g/mol. The fraction of sp³-hybridized carbons (Fsp3) is 0.750. The fourth-order valence-corrected chi connectivity index (χ4v) is 1.08. The van der Waals surface area contributed by atoms with E-state index in [9.17, 15) is 0 Å². The Morgan fingerprint density at radius 2 is 2.67 bits per heavy atom. The first kappa shape index (κ1) is 6.70. The molecule has 0 radical (unpaired) electrons. The third-order valence-electron chi connectivity index (χ3n) is 1.01. The third kappa shape index (κ3) is 1.28. The van der Waals surface area contributed by atoms with Crippen LogP contribution in [-0.2, 0) is 4.84 Å². The summed E-state index contributed by atoms with van der Waals surface area (Å²) in [5.74, 6) is 0. The summed E-state index contributed by atoms with van der Waals surface area (Å²) in [6.07, 6.45) is 1.96. The van der Waals surface area contributed by atoms with Gasteiger partial charge in [-0.25, -0.2) is 5.06 Å². The van der Waals surface area contributed by atoms with Crippen molar-refractivity contribution in [1.29, 1.82) is 0 Å². The molecule has 1 N–H and O–H groups in total. The molecule has 0 amide bonds. The first-order chi connectivity index (χ1) is 4.38. The van der Waals surface area contributed by atoms with Gasteiger partial charge in [-0.15, -0.1) is 0 Å². The van der Waals surface area contributed by atoms with E-state index in [0.29, 0.717) is 6.67 Å². The lowest BCUT2D eigenvalue weighted by molar-refractivity contribution is -0.0575. The van der Waals surface area contributed by atoms with Gasteiger partial charge in [0.15, 0.2) is 0 Å². The first-order valence-electron chi connectivity index (χ1n) is 2.54. The van der Waals surface area contributed by atoms with E-state index in [4.69, 9.17) is 4.84 Å². The summed E-state index contributed by atoms with van der Waals surface area (Å²) in [5, 5.41) is 6.49. The predicted octanol–water partition coefficient (Wildman–Crippen LogP) is 0.0445. The van der Waals surface area contributed by atoms with Crippen LogP contribution in [0.1, 0.15) is 0 Å². The molecule has 0 spiro atoms. The van der Waals surface area contributed by atoms with Gasteiger partial charge in [0.25, 0.3) is 0 Å². The van der Waals surface area contributed by atoms with Crippen LogP contribution in [0.3, 0.4) is 0 Å². The Hall–Kier alpha value is -0.420. The molecule has 9 heavy (non-hydrogen) atoms. The molecule has 0 unspecified atom stereocenters. The molecule has 1 rings (SSSR count). The molecule has 5 heteroatoms. The van der Waals surface area contributed by atoms with E-state index in [0.717, 1.165) is 5.17 Å². The Morgan fingerprint density at radius 3 is 3.11 bits per heavy atom. The molecular formula is C4H9N3OS. The van der Waals surface area contributed by atoms with Gasteiger partial charge in [-0.1, -0.05) is 11.8 Å². The number of rotatable bonds is 1. The molecule has 0 saturated heterocycles. The van der Waals surface area contributed by atoms with Gasteiger partial charge < -0.3 is 0 Å². The highest BCUT2D eigenvalue weighted by atomic mass is 32.2. The minimum absolute atomic E-state index is 0.646.